The molecule has 0 aromatic carbocycles. The molecule has 1 saturated heterocycles. The lowest BCUT2D eigenvalue weighted by Gasteiger charge is -2.33. The lowest BCUT2D eigenvalue weighted by Crippen LogP contribution is -2.38. The maximum atomic E-state index is 11.7. The van der Waals surface area contributed by atoms with E-state index in [1.54, 1.807) is 0 Å². The summed E-state index contributed by atoms with van der Waals surface area (Å²) in [7, 11) is 0. The van der Waals surface area contributed by atoms with Gasteiger partial charge < -0.3 is 10.2 Å². The third-order valence-corrected chi connectivity index (χ3v) is 3.95. The molecule has 0 bridgehead atoms. The van der Waals surface area contributed by atoms with E-state index in [0.29, 0.717) is 6.04 Å². The fourth-order valence-corrected chi connectivity index (χ4v) is 2.93. The Labute approximate surface area is 111 Å². The van der Waals surface area contributed by atoms with Gasteiger partial charge in [-0.05, 0) is 50.5 Å². The van der Waals surface area contributed by atoms with Crippen molar-refractivity contribution in [1.82, 2.24) is 10.2 Å². The van der Waals surface area contributed by atoms with Gasteiger partial charge in [0.15, 0.2) is 0 Å². The summed E-state index contributed by atoms with van der Waals surface area (Å²) < 4.78 is 0. The summed E-state index contributed by atoms with van der Waals surface area (Å²) in [6, 6.07) is 0.515. The van der Waals surface area contributed by atoms with E-state index in [0.717, 1.165) is 24.7 Å². The number of likely N-dealkylation sites (tertiary alicyclic amines) is 1. The van der Waals surface area contributed by atoms with Gasteiger partial charge >= 0.3 is 0 Å². The van der Waals surface area contributed by atoms with Crippen molar-refractivity contribution in [3.8, 4) is 0 Å². The van der Waals surface area contributed by atoms with Crippen molar-refractivity contribution in [3.63, 3.8) is 0 Å². The molecule has 0 aromatic heterocycles. The minimum atomic E-state index is 0.276. The van der Waals surface area contributed by atoms with Crippen LogP contribution in [-0.4, -0.2) is 36.5 Å². The van der Waals surface area contributed by atoms with E-state index in [9.17, 15) is 4.79 Å². The van der Waals surface area contributed by atoms with Crippen LogP contribution in [0.3, 0.4) is 0 Å². The van der Waals surface area contributed by atoms with E-state index in [1.807, 2.05) is 0 Å². The first-order valence-corrected chi connectivity index (χ1v) is 7.65. The van der Waals surface area contributed by atoms with Gasteiger partial charge in [-0.25, -0.2) is 0 Å². The first-order chi connectivity index (χ1) is 8.63. The number of hydrogen-bond acceptors (Lipinski definition) is 2. The number of nitrogens with zero attached hydrogens (tertiary/aromatic N) is 1. The van der Waals surface area contributed by atoms with Crippen LogP contribution in [0.1, 0.15) is 52.4 Å². The van der Waals surface area contributed by atoms with Gasteiger partial charge in [-0.15, -0.1) is 0 Å². The van der Waals surface area contributed by atoms with Crippen LogP contribution in [0.2, 0.25) is 0 Å². The molecule has 1 N–H and O–H groups in total. The third kappa shape index (κ3) is 4.97. The molecule has 0 spiro atoms. The predicted molar refractivity (Wildman–Crippen MR) is 74.4 cm³/mol. The standard InChI is InChI=1S/C15H28N2O/c1-12(2)10-17-9-3-4-13(11-17)5-8-15(18)16-14-6-7-14/h12-14H,3-11H2,1-2H3,(H,16,18)/t13-/m1/s1. The van der Waals surface area contributed by atoms with E-state index in [-0.39, 0.29) is 5.91 Å². The minimum Gasteiger partial charge on any atom is -0.353 e. The fourth-order valence-electron chi connectivity index (χ4n) is 2.93. The maximum Gasteiger partial charge on any atom is 0.220 e. The first kappa shape index (κ1) is 13.9. The predicted octanol–water partition coefficient (Wildman–Crippen LogP) is 2.41. The number of piperidine rings is 1. The van der Waals surface area contributed by atoms with Gasteiger partial charge in [-0.3, -0.25) is 4.79 Å². The van der Waals surface area contributed by atoms with Crippen LogP contribution in [0.15, 0.2) is 0 Å². The molecule has 0 aromatic rings. The summed E-state index contributed by atoms with van der Waals surface area (Å²) in [4.78, 5) is 14.3. The lowest BCUT2D eigenvalue weighted by atomic mass is 9.92. The fraction of sp³-hybridized carbons (Fsp3) is 0.933. The number of nitrogens with one attached hydrogen (secondary N) is 1. The highest BCUT2D eigenvalue weighted by atomic mass is 16.1. The average molecular weight is 252 g/mol. The molecule has 1 aliphatic carbocycles. The van der Waals surface area contributed by atoms with Crippen LogP contribution < -0.4 is 5.32 Å². The zero-order valence-electron chi connectivity index (χ0n) is 12.0. The average Bonchev–Trinajstić information content (AvgIpc) is 3.10. The topological polar surface area (TPSA) is 32.3 Å². The van der Waals surface area contributed by atoms with Crippen LogP contribution in [0.25, 0.3) is 0 Å². The Bertz CT molecular complexity index is 274. The lowest BCUT2D eigenvalue weighted by molar-refractivity contribution is -0.121. The van der Waals surface area contributed by atoms with Gasteiger partial charge in [0.05, 0.1) is 0 Å². The zero-order valence-corrected chi connectivity index (χ0v) is 12.0. The SMILES string of the molecule is CC(C)CN1CCC[C@H](CCC(=O)NC2CC2)C1. The second kappa shape index (κ2) is 6.55. The van der Waals surface area contributed by atoms with E-state index in [1.165, 1.54) is 45.3 Å². The summed E-state index contributed by atoms with van der Waals surface area (Å²) in [6.45, 7) is 8.24. The van der Waals surface area contributed by atoms with Gasteiger partial charge in [0.25, 0.3) is 0 Å². The van der Waals surface area contributed by atoms with Gasteiger partial charge in [0.1, 0.15) is 0 Å². The molecular weight excluding hydrogens is 224 g/mol. The molecule has 0 radical (unpaired) electrons. The normalized spacial score (nSPS) is 25.4. The summed E-state index contributed by atoms with van der Waals surface area (Å²) in [5, 5.41) is 3.08. The van der Waals surface area contributed by atoms with Crippen molar-refractivity contribution in [2.45, 2.75) is 58.4 Å². The Kier molecular flexibility index (Phi) is 5.04. The molecule has 18 heavy (non-hydrogen) atoms. The van der Waals surface area contributed by atoms with E-state index in [2.05, 4.69) is 24.1 Å². The van der Waals surface area contributed by atoms with Crippen LogP contribution >= 0.6 is 0 Å². The van der Waals surface area contributed by atoms with Crippen LogP contribution in [0, 0.1) is 11.8 Å². The molecule has 1 heterocycles. The summed E-state index contributed by atoms with van der Waals surface area (Å²) >= 11 is 0. The largest absolute Gasteiger partial charge is 0.353 e. The van der Waals surface area contributed by atoms with Crippen molar-refractivity contribution >= 4 is 5.91 Å². The number of carbonyl (C=O) groups excluding carboxylic acids is 1. The molecule has 1 saturated carbocycles. The minimum absolute atomic E-state index is 0.276. The summed E-state index contributed by atoms with van der Waals surface area (Å²) in [6.07, 6.45) is 6.81. The smallest absolute Gasteiger partial charge is 0.220 e. The molecule has 2 fully saturated rings. The molecule has 2 aliphatic rings. The number of rotatable bonds is 6. The molecule has 3 heteroatoms. The molecule has 3 nitrogen and oxygen atoms in total. The Morgan fingerprint density at radius 3 is 2.78 bits per heavy atom. The van der Waals surface area contributed by atoms with Gasteiger partial charge in [0, 0.05) is 25.6 Å². The zero-order chi connectivity index (χ0) is 13.0. The number of carbonyl (C=O) groups is 1. The van der Waals surface area contributed by atoms with E-state index < -0.39 is 0 Å². The van der Waals surface area contributed by atoms with Crippen LogP contribution in [0.5, 0.6) is 0 Å². The third-order valence-electron chi connectivity index (χ3n) is 3.95. The summed E-state index contributed by atoms with van der Waals surface area (Å²) in [5.41, 5.74) is 0. The molecule has 0 unspecified atom stereocenters. The van der Waals surface area contributed by atoms with Gasteiger partial charge in [0.2, 0.25) is 5.91 Å². The highest BCUT2D eigenvalue weighted by molar-refractivity contribution is 5.76. The molecule has 1 aliphatic heterocycles. The molecular formula is C15H28N2O. The molecule has 1 atom stereocenters. The number of hydrogen-bond donors (Lipinski definition) is 1. The monoisotopic (exact) mass is 252 g/mol. The quantitative estimate of drug-likeness (QED) is 0.787. The van der Waals surface area contributed by atoms with Gasteiger partial charge in [-0.2, -0.15) is 0 Å². The van der Waals surface area contributed by atoms with Gasteiger partial charge in [-0.1, -0.05) is 13.8 Å². The second-order valence-electron chi connectivity index (χ2n) is 6.54. The summed E-state index contributed by atoms with van der Waals surface area (Å²) in [5.74, 6) is 1.77. The second-order valence-corrected chi connectivity index (χ2v) is 6.54. The molecule has 1 amide bonds. The first-order valence-electron chi connectivity index (χ1n) is 7.65. The molecule has 104 valence electrons. The van der Waals surface area contributed by atoms with E-state index in [4.69, 9.17) is 0 Å². The molecule has 2 rings (SSSR count). The highest BCUT2D eigenvalue weighted by Gasteiger charge is 2.24. The maximum absolute atomic E-state index is 11.7. The Hall–Kier alpha value is -0.570. The van der Waals surface area contributed by atoms with Crippen molar-refractivity contribution < 1.29 is 4.79 Å². The number of amides is 1. The van der Waals surface area contributed by atoms with Crippen molar-refractivity contribution in [2.75, 3.05) is 19.6 Å². The van der Waals surface area contributed by atoms with Crippen molar-refractivity contribution in [2.24, 2.45) is 11.8 Å². The Morgan fingerprint density at radius 2 is 2.11 bits per heavy atom. The van der Waals surface area contributed by atoms with Crippen molar-refractivity contribution in [3.05, 3.63) is 0 Å². The van der Waals surface area contributed by atoms with Crippen LogP contribution in [0.4, 0.5) is 0 Å². The Morgan fingerprint density at radius 1 is 1.33 bits per heavy atom. The van der Waals surface area contributed by atoms with Crippen LogP contribution in [-0.2, 0) is 4.79 Å². The van der Waals surface area contributed by atoms with Crippen molar-refractivity contribution in [1.29, 1.82) is 0 Å². The highest BCUT2D eigenvalue weighted by Crippen LogP contribution is 2.23. The van der Waals surface area contributed by atoms with E-state index >= 15 is 0 Å². The Balaban J connectivity index is 1.63.